The van der Waals surface area contributed by atoms with Crippen LogP contribution in [0.1, 0.15) is 24.2 Å². The third-order valence-corrected chi connectivity index (χ3v) is 5.28. The van der Waals surface area contributed by atoms with E-state index in [4.69, 9.17) is 11.6 Å². The maximum absolute atomic E-state index is 13.3. The third kappa shape index (κ3) is 3.52. The first-order valence-electron chi connectivity index (χ1n) is 8.96. The van der Waals surface area contributed by atoms with Gasteiger partial charge in [0, 0.05) is 12.1 Å². The molecule has 3 aromatic rings. The molecule has 0 saturated carbocycles. The molecule has 1 aliphatic heterocycles. The van der Waals surface area contributed by atoms with Crippen molar-refractivity contribution in [2.45, 2.75) is 25.9 Å². The molecule has 2 aromatic carbocycles. The lowest BCUT2D eigenvalue weighted by atomic mass is 10.0. The van der Waals surface area contributed by atoms with Gasteiger partial charge in [-0.15, -0.1) is 0 Å². The van der Waals surface area contributed by atoms with Crippen LogP contribution in [0.3, 0.4) is 0 Å². The van der Waals surface area contributed by atoms with Crippen molar-refractivity contribution in [1.82, 2.24) is 14.7 Å². The predicted octanol–water partition coefficient (Wildman–Crippen LogP) is 4.63. The number of nitrogens with zero attached hydrogens (tertiary/aromatic N) is 3. The lowest BCUT2D eigenvalue weighted by Gasteiger charge is -2.33. The molecule has 0 aliphatic carbocycles. The molecule has 28 heavy (non-hydrogen) atoms. The van der Waals surface area contributed by atoms with Crippen LogP contribution in [-0.4, -0.2) is 27.1 Å². The number of fused-ring (bicyclic) bond motifs is 1. The van der Waals surface area contributed by atoms with E-state index in [9.17, 15) is 13.6 Å². The SMILES string of the molecule is CC1CN(C(=O)Cc2ccc(F)c(Cl)c2)Cc2c(-c3ccc(F)cc3)cnn21. The monoisotopic (exact) mass is 401 g/mol. The zero-order chi connectivity index (χ0) is 19.8. The van der Waals surface area contributed by atoms with E-state index in [1.54, 1.807) is 29.3 Å². The smallest absolute Gasteiger partial charge is 0.227 e. The van der Waals surface area contributed by atoms with Crippen molar-refractivity contribution in [2.75, 3.05) is 6.54 Å². The second kappa shape index (κ2) is 7.36. The first-order chi connectivity index (χ1) is 13.4. The highest BCUT2D eigenvalue weighted by molar-refractivity contribution is 6.30. The molecule has 0 bridgehead atoms. The second-order valence-corrected chi connectivity index (χ2v) is 7.41. The predicted molar refractivity (Wildman–Crippen MR) is 103 cm³/mol. The highest BCUT2D eigenvalue weighted by atomic mass is 35.5. The van der Waals surface area contributed by atoms with Crippen molar-refractivity contribution in [1.29, 1.82) is 0 Å². The largest absolute Gasteiger partial charge is 0.334 e. The molecule has 4 rings (SSSR count). The molecule has 1 amide bonds. The Morgan fingerprint density at radius 3 is 2.68 bits per heavy atom. The number of carbonyl (C=O) groups excluding carboxylic acids is 1. The van der Waals surface area contributed by atoms with Crippen LogP contribution in [0.5, 0.6) is 0 Å². The molecule has 2 heterocycles. The summed E-state index contributed by atoms with van der Waals surface area (Å²) in [6.45, 7) is 2.94. The number of hydrogen-bond donors (Lipinski definition) is 0. The van der Waals surface area contributed by atoms with Crippen molar-refractivity contribution in [3.63, 3.8) is 0 Å². The van der Waals surface area contributed by atoms with Gasteiger partial charge < -0.3 is 4.90 Å². The third-order valence-electron chi connectivity index (χ3n) is 4.99. The quantitative estimate of drug-likeness (QED) is 0.642. The number of benzene rings is 2. The molecule has 0 radical (unpaired) electrons. The average molecular weight is 402 g/mol. The van der Waals surface area contributed by atoms with Crippen LogP contribution >= 0.6 is 11.6 Å². The van der Waals surface area contributed by atoms with Crippen molar-refractivity contribution in [3.8, 4) is 11.1 Å². The molecule has 0 N–H and O–H groups in total. The van der Waals surface area contributed by atoms with Gasteiger partial charge in [0.2, 0.25) is 5.91 Å². The van der Waals surface area contributed by atoms with E-state index >= 15 is 0 Å². The summed E-state index contributed by atoms with van der Waals surface area (Å²) in [6.07, 6.45) is 1.90. The fourth-order valence-electron chi connectivity index (χ4n) is 3.56. The van der Waals surface area contributed by atoms with Crippen molar-refractivity contribution < 1.29 is 13.6 Å². The van der Waals surface area contributed by atoms with Gasteiger partial charge in [-0.05, 0) is 42.3 Å². The zero-order valence-electron chi connectivity index (χ0n) is 15.2. The number of hydrogen-bond acceptors (Lipinski definition) is 2. The molecular formula is C21H18ClF2N3O. The molecule has 1 atom stereocenters. The Hall–Kier alpha value is -2.73. The van der Waals surface area contributed by atoms with E-state index in [-0.39, 0.29) is 29.2 Å². The van der Waals surface area contributed by atoms with Crippen LogP contribution in [0, 0.1) is 11.6 Å². The first-order valence-corrected chi connectivity index (χ1v) is 9.34. The fourth-order valence-corrected chi connectivity index (χ4v) is 3.77. The maximum atomic E-state index is 13.3. The summed E-state index contributed by atoms with van der Waals surface area (Å²) in [7, 11) is 0. The van der Waals surface area contributed by atoms with Crippen molar-refractivity contribution in [3.05, 3.63) is 76.6 Å². The van der Waals surface area contributed by atoms with E-state index in [0.29, 0.717) is 18.7 Å². The van der Waals surface area contributed by atoms with Gasteiger partial charge in [0.1, 0.15) is 11.6 Å². The summed E-state index contributed by atoms with van der Waals surface area (Å²) in [5.74, 6) is -0.864. The van der Waals surface area contributed by atoms with Gasteiger partial charge in [-0.3, -0.25) is 9.48 Å². The van der Waals surface area contributed by atoms with E-state index in [1.807, 2.05) is 11.6 Å². The second-order valence-electron chi connectivity index (χ2n) is 7.00. The Labute approximate surface area is 166 Å². The van der Waals surface area contributed by atoms with E-state index in [1.165, 1.54) is 24.3 Å². The van der Waals surface area contributed by atoms with Gasteiger partial charge in [-0.25, -0.2) is 8.78 Å². The Bertz CT molecular complexity index is 1030. The van der Waals surface area contributed by atoms with Gasteiger partial charge in [0.25, 0.3) is 0 Å². The van der Waals surface area contributed by atoms with Crippen LogP contribution in [0.4, 0.5) is 8.78 Å². The molecular weight excluding hydrogens is 384 g/mol. The maximum Gasteiger partial charge on any atom is 0.227 e. The van der Waals surface area contributed by atoms with E-state index in [0.717, 1.165) is 16.8 Å². The minimum Gasteiger partial charge on any atom is -0.334 e. The van der Waals surface area contributed by atoms with Crippen molar-refractivity contribution in [2.24, 2.45) is 0 Å². The highest BCUT2D eigenvalue weighted by Gasteiger charge is 2.28. The topological polar surface area (TPSA) is 38.1 Å². The van der Waals surface area contributed by atoms with Crippen molar-refractivity contribution >= 4 is 17.5 Å². The number of rotatable bonds is 3. The van der Waals surface area contributed by atoms with Crippen LogP contribution < -0.4 is 0 Å². The van der Waals surface area contributed by atoms with Crippen LogP contribution in [0.25, 0.3) is 11.1 Å². The summed E-state index contributed by atoms with van der Waals surface area (Å²) in [6, 6.07) is 10.6. The molecule has 1 aromatic heterocycles. The van der Waals surface area contributed by atoms with E-state index < -0.39 is 5.82 Å². The molecule has 1 unspecified atom stereocenters. The standard InChI is InChI=1S/C21H18ClF2N3O/c1-13-11-26(21(28)9-14-2-7-19(24)18(22)8-14)12-20-17(10-25-27(13)20)15-3-5-16(23)6-4-15/h2-8,10,13H,9,11-12H2,1H3. The molecule has 7 heteroatoms. The summed E-state index contributed by atoms with van der Waals surface area (Å²) in [5.41, 5.74) is 3.32. The van der Waals surface area contributed by atoms with Crippen LogP contribution in [0.2, 0.25) is 5.02 Å². The van der Waals surface area contributed by atoms with Gasteiger partial charge in [-0.2, -0.15) is 5.10 Å². The first kappa shape index (κ1) is 18.6. The molecule has 1 aliphatic rings. The van der Waals surface area contributed by atoms with Gasteiger partial charge >= 0.3 is 0 Å². The van der Waals surface area contributed by atoms with Gasteiger partial charge in [-0.1, -0.05) is 29.8 Å². The summed E-state index contributed by atoms with van der Waals surface area (Å²) in [4.78, 5) is 14.6. The summed E-state index contributed by atoms with van der Waals surface area (Å²) in [5, 5.41) is 4.47. The van der Waals surface area contributed by atoms with Gasteiger partial charge in [0.05, 0.1) is 35.9 Å². The van der Waals surface area contributed by atoms with Crippen LogP contribution in [-0.2, 0) is 17.8 Å². The minimum atomic E-state index is -0.502. The number of carbonyl (C=O) groups is 1. The Balaban J connectivity index is 1.58. The lowest BCUT2D eigenvalue weighted by Crippen LogP contribution is -2.41. The summed E-state index contributed by atoms with van der Waals surface area (Å²) >= 11 is 5.82. The Kier molecular flexibility index (Phi) is 4.89. The van der Waals surface area contributed by atoms with Gasteiger partial charge in [0.15, 0.2) is 0 Å². The Morgan fingerprint density at radius 2 is 1.96 bits per heavy atom. The van der Waals surface area contributed by atoms with E-state index in [2.05, 4.69) is 5.10 Å². The highest BCUT2D eigenvalue weighted by Crippen LogP contribution is 2.30. The average Bonchev–Trinajstić information content (AvgIpc) is 3.10. The molecule has 4 nitrogen and oxygen atoms in total. The number of amides is 1. The molecule has 144 valence electrons. The van der Waals surface area contributed by atoms with Crippen LogP contribution in [0.15, 0.2) is 48.7 Å². The zero-order valence-corrected chi connectivity index (χ0v) is 16.0. The molecule has 0 fully saturated rings. The molecule has 0 spiro atoms. The molecule has 0 saturated heterocycles. The number of aromatic nitrogens is 2. The summed E-state index contributed by atoms with van der Waals surface area (Å²) < 4.78 is 28.5. The number of halogens is 3. The normalized spacial score (nSPS) is 16.1. The Morgan fingerprint density at radius 1 is 1.21 bits per heavy atom. The lowest BCUT2D eigenvalue weighted by molar-refractivity contribution is -0.132. The fraction of sp³-hybridized carbons (Fsp3) is 0.238. The minimum absolute atomic E-state index is 0.00832.